The van der Waals surface area contributed by atoms with Crippen LogP contribution in [0.4, 0.5) is 0 Å². The molecule has 0 bridgehead atoms. The van der Waals surface area contributed by atoms with Gasteiger partial charge in [0, 0.05) is 31.8 Å². The predicted molar refractivity (Wildman–Crippen MR) is 71.6 cm³/mol. The largest absolute Gasteiger partial charge is 0.381 e. The molecule has 0 aliphatic rings. The topological polar surface area (TPSA) is 67.0 Å². The highest BCUT2D eigenvalue weighted by Gasteiger charge is 2.06. The van der Waals surface area contributed by atoms with Crippen LogP contribution in [0.25, 0.3) is 0 Å². The number of nitrogens with one attached hydrogen (secondary N) is 2. The van der Waals surface area contributed by atoms with E-state index in [1.807, 2.05) is 6.92 Å². The Kier molecular flexibility index (Phi) is 6.01. The molecular formula is C13H23N3O2. The highest BCUT2D eigenvalue weighted by atomic mass is 16.5. The maximum Gasteiger partial charge on any atom is 0.255 e. The first-order valence-corrected chi connectivity index (χ1v) is 6.33. The van der Waals surface area contributed by atoms with E-state index in [0.717, 1.165) is 6.54 Å². The van der Waals surface area contributed by atoms with Gasteiger partial charge in [0.15, 0.2) is 0 Å². The molecule has 2 N–H and O–H groups in total. The minimum absolute atomic E-state index is 0.0538. The van der Waals surface area contributed by atoms with Crippen LogP contribution in [-0.2, 0) is 17.7 Å². The molecule has 1 atom stereocenters. The van der Waals surface area contributed by atoms with E-state index in [1.165, 1.54) is 0 Å². The molecular weight excluding hydrogens is 230 g/mol. The van der Waals surface area contributed by atoms with E-state index in [2.05, 4.69) is 29.1 Å². The third-order valence-corrected chi connectivity index (χ3v) is 2.68. The van der Waals surface area contributed by atoms with Gasteiger partial charge in [-0.2, -0.15) is 0 Å². The Hall–Kier alpha value is -1.20. The van der Waals surface area contributed by atoms with Crippen LogP contribution in [0.3, 0.4) is 0 Å². The molecule has 0 aromatic carbocycles. The van der Waals surface area contributed by atoms with Crippen LogP contribution >= 0.6 is 0 Å². The summed E-state index contributed by atoms with van der Waals surface area (Å²) in [6.07, 6.45) is 2.31. The molecule has 0 aliphatic carbocycles. The number of ether oxygens (including phenoxy) is 1. The van der Waals surface area contributed by atoms with Gasteiger partial charge in [0.2, 0.25) is 0 Å². The molecule has 1 rings (SSSR count). The van der Waals surface area contributed by atoms with Gasteiger partial charge in [0.05, 0.1) is 6.10 Å². The molecule has 0 amide bonds. The summed E-state index contributed by atoms with van der Waals surface area (Å²) in [5, 5.41) is 3.23. The molecule has 0 radical (unpaired) electrons. The third-order valence-electron chi connectivity index (χ3n) is 2.68. The van der Waals surface area contributed by atoms with Crippen molar-refractivity contribution in [3.8, 4) is 0 Å². The van der Waals surface area contributed by atoms with Crippen molar-refractivity contribution in [3.63, 3.8) is 0 Å². The summed E-state index contributed by atoms with van der Waals surface area (Å²) in [6.45, 7) is 7.65. The standard InChI is InChI=1S/C13H23N3O2/c1-9(2)6-14-7-11-8-15-12(16-13(11)17)5-10(3)18-4/h8-10,14H,5-7H2,1-4H3,(H,15,16,17). The van der Waals surface area contributed by atoms with Crippen molar-refractivity contribution in [2.75, 3.05) is 13.7 Å². The highest BCUT2D eigenvalue weighted by molar-refractivity contribution is 5.06. The number of methoxy groups -OCH3 is 1. The van der Waals surface area contributed by atoms with E-state index < -0.39 is 0 Å². The molecule has 0 fully saturated rings. The lowest BCUT2D eigenvalue weighted by molar-refractivity contribution is 0.117. The van der Waals surface area contributed by atoms with Gasteiger partial charge in [-0.05, 0) is 19.4 Å². The number of aromatic amines is 1. The van der Waals surface area contributed by atoms with E-state index in [4.69, 9.17) is 4.74 Å². The fourth-order valence-corrected chi connectivity index (χ4v) is 1.54. The lowest BCUT2D eigenvalue weighted by Gasteiger charge is -2.09. The Morgan fingerprint density at radius 3 is 2.72 bits per heavy atom. The number of nitrogens with zero attached hydrogens (tertiary/aromatic N) is 1. The van der Waals surface area contributed by atoms with Gasteiger partial charge in [0.25, 0.3) is 5.56 Å². The summed E-state index contributed by atoms with van der Waals surface area (Å²) in [6, 6.07) is 0. The molecule has 5 heteroatoms. The molecule has 18 heavy (non-hydrogen) atoms. The van der Waals surface area contributed by atoms with Crippen LogP contribution in [-0.4, -0.2) is 29.7 Å². The number of rotatable bonds is 7. The summed E-state index contributed by atoms with van der Waals surface area (Å²) in [7, 11) is 1.65. The van der Waals surface area contributed by atoms with Crippen LogP contribution in [0.2, 0.25) is 0 Å². The fourth-order valence-electron chi connectivity index (χ4n) is 1.54. The molecule has 102 valence electrons. The molecule has 0 aliphatic heterocycles. The molecule has 0 spiro atoms. The molecule has 1 heterocycles. The normalized spacial score (nSPS) is 12.9. The van der Waals surface area contributed by atoms with Crippen molar-refractivity contribution in [3.05, 3.63) is 27.9 Å². The van der Waals surface area contributed by atoms with Crippen LogP contribution in [0.15, 0.2) is 11.0 Å². The number of hydrogen-bond donors (Lipinski definition) is 2. The van der Waals surface area contributed by atoms with Crippen molar-refractivity contribution >= 4 is 0 Å². The van der Waals surface area contributed by atoms with Crippen LogP contribution in [0.1, 0.15) is 32.2 Å². The maximum atomic E-state index is 11.8. The smallest absolute Gasteiger partial charge is 0.255 e. The predicted octanol–water partition coefficient (Wildman–Crippen LogP) is 1.09. The minimum atomic E-state index is -0.0699. The second kappa shape index (κ2) is 7.28. The molecule has 0 saturated heterocycles. The van der Waals surface area contributed by atoms with Crippen molar-refractivity contribution in [1.29, 1.82) is 0 Å². The fraction of sp³-hybridized carbons (Fsp3) is 0.692. The molecule has 1 aromatic rings. The van der Waals surface area contributed by atoms with Gasteiger partial charge in [-0.1, -0.05) is 13.8 Å². The zero-order valence-electron chi connectivity index (χ0n) is 11.6. The van der Waals surface area contributed by atoms with Gasteiger partial charge in [-0.15, -0.1) is 0 Å². The van der Waals surface area contributed by atoms with Crippen LogP contribution in [0.5, 0.6) is 0 Å². The summed E-state index contributed by atoms with van der Waals surface area (Å²) >= 11 is 0. The Morgan fingerprint density at radius 1 is 1.44 bits per heavy atom. The lowest BCUT2D eigenvalue weighted by Crippen LogP contribution is -2.26. The molecule has 1 aromatic heterocycles. The van der Waals surface area contributed by atoms with Crippen molar-refractivity contribution in [2.24, 2.45) is 5.92 Å². The van der Waals surface area contributed by atoms with Crippen molar-refractivity contribution in [1.82, 2.24) is 15.3 Å². The zero-order chi connectivity index (χ0) is 13.5. The van der Waals surface area contributed by atoms with Gasteiger partial charge >= 0.3 is 0 Å². The SMILES string of the molecule is COC(C)Cc1ncc(CNCC(C)C)c(=O)[nH]1. The Labute approximate surface area is 108 Å². The Balaban J connectivity index is 2.59. The number of hydrogen-bond acceptors (Lipinski definition) is 4. The Bertz CT molecular complexity index is 415. The van der Waals surface area contributed by atoms with Crippen molar-refractivity contribution < 1.29 is 4.74 Å². The minimum Gasteiger partial charge on any atom is -0.381 e. The Morgan fingerprint density at radius 2 is 2.17 bits per heavy atom. The van der Waals surface area contributed by atoms with Gasteiger partial charge < -0.3 is 15.0 Å². The molecule has 0 saturated carbocycles. The summed E-state index contributed by atoms with van der Waals surface area (Å²) < 4.78 is 5.14. The third kappa shape index (κ3) is 4.98. The van der Waals surface area contributed by atoms with E-state index in [9.17, 15) is 4.79 Å². The summed E-state index contributed by atoms with van der Waals surface area (Å²) in [4.78, 5) is 18.9. The van der Waals surface area contributed by atoms with Crippen LogP contribution < -0.4 is 10.9 Å². The molecule has 5 nitrogen and oxygen atoms in total. The van der Waals surface area contributed by atoms with E-state index in [1.54, 1.807) is 13.3 Å². The van der Waals surface area contributed by atoms with E-state index in [-0.39, 0.29) is 11.7 Å². The van der Waals surface area contributed by atoms with Crippen molar-refractivity contribution in [2.45, 2.75) is 39.8 Å². The van der Waals surface area contributed by atoms with E-state index in [0.29, 0.717) is 30.3 Å². The summed E-state index contributed by atoms with van der Waals surface area (Å²) in [5.41, 5.74) is 0.601. The first-order chi connectivity index (χ1) is 8.52. The first kappa shape index (κ1) is 14.9. The quantitative estimate of drug-likeness (QED) is 0.763. The average Bonchev–Trinajstić information content (AvgIpc) is 2.31. The van der Waals surface area contributed by atoms with Gasteiger partial charge in [-0.3, -0.25) is 4.79 Å². The summed E-state index contributed by atoms with van der Waals surface area (Å²) in [5.74, 6) is 1.24. The lowest BCUT2D eigenvalue weighted by atomic mass is 10.2. The molecule has 1 unspecified atom stereocenters. The average molecular weight is 253 g/mol. The van der Waals surface area contributed by atoms with E-state index >= 15 is 0 Å². The second-order valence-electron chi connectivity index (χ2n) is 4.96. The van der Waals surface area contributed by atoms with Gasteiger partial charge in [0.1, 0.15) is 5.82 Å². The number of H-pyrrole nitrogens is 1. The monoisotopic (exact) mass is 253 g/mol. The number of aromatic nitrogens is 2. The second-order valence-corrected chi connectivity index (χ2v) is 4.96. The first-order valence-electron chi connectivity index (χ1n) is 6.33. The van der Waals surface area contributed by atoms with Gasteiger partial charge in [-0.25, -0.2) is 4.98 Å². The maximum absolute atomic E-state index is 11.8. The highest BCUT2D eigenvalue weighted by Crippen LogP contribution is 1.98. The zero-order valence-corrected chi connectivity index (χ0v) is 11.6. The van der Waals surface area contributed by atoms with Crippen LogP contribution in [0, 0.1) is 5.92 Å².